The zero-order valence-corrected chi connectivity index (χ0v) is 10.5. The molecule has 0 unspecified atom stereocenters. The van der Waals surface area contributed by atoms with Crippen molar-refractivity contribution in [3.05, 3.63) is 35.9 Å². The summed E-state index contributed by atoms with van der Waals surface area (Å²) in [5, 5.41) is 0. The number of hydrogen-bond acceptors (Lipinski definition) is 2. The molecule has 0 saturated carbocycles. The molecule has 2 heteroatoms. The molecule has 0 radical (unpaired) electrons. The highest BCUT2D eigenvalue weighted by molar-refractivity contribution is 8.16. The second kappa shape index (κ2) is 7.24. The molecule has 1 aromatic rings. The maximum absolute atomic E-state index is 2.24. The van der Waals surface area contributed by atoms with Crippen molar-refractivity contribution < 1.29 is 0 Å². The Morgan fingerprint density at radius 3 is 2.07 bits per heavy atom. The molecule has 0 amide bonds. The second-order valence-electron chi connectivity index (χ2n) is 3.03. The van der Waals surface area contributed by atoms with Gasteiger partial charge in [0, 0.05) is 0 Å². The van der Waals surface area contributed by atoms with Crippen LogP contribution in [0.5, 0.6) is 0 Å². The molecule has 0 atom stereocenters. The lowest BCUT2D eigenvalue weighted by Crippen LogP contribution is -2.03. The van der Waals surface area contributed by atoms with E-state index in [9.17, 15) is 0 Å². The van der Waals surface area contributed by atoms with Crippen LogP contribution in [0.4, 0.5) is 0 Å². The van der Waals surface area contributed by atoms with E-state index in [0.717, 1.165) is 4.58 Å². The Hall–Kier alpha value is -0.0800. The molecule has 0 aliphatic rings. The molecule has 0 fully saturated rings. The smallest absolute Gasteiger partial charge is 0.0542 e. The van der Waals surface area contributed by atoms with Gasteiger partial charge in [0.05, 0.1) is 4.58 Å². The van der Waals surface area contributed by atoms with Crippen LogP contribution in [-0.4, -0.2) is 16.1 Å². The average molecular weight is 226 g/mol. The molecule has 0 heterocycles. The van der Waals surface area contributed by atoms with Crippen molar-refractivity contribution in [3.8, 4) is 0 Å². The van der Waals surface area contributed by atoms with E-state index in [-0.39, 0.29) is 0 Å². The third-order valence-corrected chi connectivity index (χ3v) is 4.51. The molecule has 0 bridgehead atoms. The Balaban J connectivity index is 2.46. The SMILES string of the molecule is CCSC(Cc1ccccc1)SCC. The van der Waals surface area contributed by atoms with E-state index in [1.54, 1.807) is 0 Å². The first-order chi connectivity index (χ1) is 6.86. The molecule has 0 aliphatic carbocycles. The van der Waals surface area contributed by atoms with Crippen molar-refractivity contribution in [2.75, 3.05) is 11.5 Å². The van der Waals surface area contributed by atoms with E-state index < -0.39 is 0 Å². The fourth-order valence-corrected chi connectivity index (χ4v) is 3.91. The largest absolute Gasteiger partial charge is 0.148 e. The number of hydrogen-bond donors (Lipinski definition) is 0. The summed E-state index contributed by atoms with van der Waals surface area (Å²) >= 11 is 4.12. The van der Waals surface area contributed by atoms with E-state index in [2.05, 4.69) is 67.7 Å². The average Bonchev–Trinajstić information content (AvgIpc) is 2.20. The standard InChI is InChI=1S/C12H18S2/c1-3-13-12(14-4-2)10-11-8-6-5-7-9-11/h5-9,12H,3-4,10H2,1-2H3. The third-order valence-electron chi connectivity index (χ3n) is 1.95. The monoisotopic (exact) mass is 226 g/mol. The van der Waals surface area contributed by atoms with Crippen LogP contribution in [0, 0.1) is 0 Å². The molecular weight excluding hydrogens is 208 g/mol. The van der Waals surface area contributed by atoms with Gasteiger partial charge in [0.2, 0.25) is 0 Å². The molecule has 78 valence electrons. The fourth-order valence-electron chi connectivity index (χ4n) is 1.34. The first-order valence-corrected chi connectivity index (χ1v) is 7.23. The highest BCUT2D eigenvalue weighted by atomic mass is 32.2. The zero-order chi connectivity index (χ0) is 10.2. The van der Waals surface area contributed by atoms with Gasteiger partial charge in [-0.1, -0.05) is 44.2 Å². The molecule has 1 aromatic carbocycles. The summed E-state index contributed by atoms with van der Waals surface area (Å²) in [6.45, 7) is 4.47. The van der Waals surface area contributed by atoms with Crippen molar-refractivity contribution in [3.63, 3.8) is 0 Å². The van der Waals surface area contributed by atoms with E-state index in [4.69, 9.17) is 0 Å². The van der Waals surface area contributed by atoms with Crippen molar-refractivity contribution in [1.82, 2.24) is 0 Å². The van der Waals surface area contributed by atoms with Gasteiger partial charge in [0.1, 0.15) is 0 Å². The Labute approximate surface area is 95.9 Å². The number of rotatable bonds is 6. The van der Waals surface area contributed by atoms with Crippen molar-refractivity contribution in [2.24, 2.45) is 0 Å². The Kier molecular flexibility index (Phi) is 6.20. The normalized spacial score (nSPS) is 10.8. The molecular formula is C12H18S2. The summed E-state index contributed by atoms with van der Waals surface area (Å²) in [4.78, 5) is 0. The van der Waals surface area contributed by atoms with E-state index >= 15 is 0 Å². The topological polar surface area (TPSA) is 0 Å². The maximum atomic E-state index is 2.24. The van der Waals surface area contributed by atoms with Gasteiger partial charge in [-0.15, -0.1) is 23.5 Å². The van der Waals surface area contributed by atoms with Crippen LogP contribution in [0.15, 0.2) is 30.3 Å². The first-order valence-electron chi connectivity index (χ1n) is 5.14. The minimum Gasteiger partial charge on any atom is -0.148 e. The first kappa shape index (κ1) is 12.0. The van der Waals surface area contributed by atoms with E-state index in [1.165, 1.54) is 23.5 Å². The van der Waals surface area contributed by atoms with Crippen LogP contribution >= 0.6 is 23.5 Å². The summed E-state index contributed by atoms with van der Waals surface area (Å²) in [6, 6.07) is 10.8. The van der Waals surface area contributed by atoms with Gasteiger partial charge in [0.25, 0.3) is 0 Å². The molecule has 0 nitrogen and oxygen atoms in total. The number of thioether (sulfide) groups is 2. The van der Waals surface area contributed by atoms with Crippen molar-refractivity contribution in [1.29, 1.82) is 0 Å². The summed E-state index contributed by atoms with van der Waals surface area (Å²) < 4.78 is 0.729. The van der Waals surface area contributed by atoms with Crippen molar-refractivity contribution in [2.45, 2.75) is 24.9 Å². The lowest BCUT2D eigenvalue weighted by molar-refractivity contribution is 1.10. The molecule has 0 aliphatic heterocycles. The third kappa shape index (κ3) is 4.43. The summed E-state index contributed by atoms with van der Waals surface area (Å²) in [5.41, 5.74) is 1.46. The van der Waals surface area contributed by atoms with Gasteiger partial charge >= 0.3 is 0 Å². The van der Waals surface area contributed by atoms with E-state index in [1.807, 2.05) is 0 Å². The molecule has 1 rings (SSSR count). The lowest BCUT2D eigenvalue weighted by Gasteiger charge is -2.14. The van der Waals surface area contributed by atoms with Crippen LogP contribution in [0.2, 0.25) is 0 Å². The van der Waals surface area contributed by atoms with Crippen LogP contribution < -0.4 is 0 Å². The molecule has 0 saturated heterocycles. The summed E-state index contributed by atoms with van der Waals surface area (Å²) in [5.74, 6) is 2.43. The van der Waals surface area contributed by atoms with Crippen molar-refractivity contribution >= 4 is 23.5 Å². The highest BCUT2D eigenvalue weighted by Gasteiger charge is 2.07. The Morgan fingerprint density at radius 2 is 1.57 bits per heavy atom. The lowest BCUT2D eigenvalue weighted by atomic mass is 10.2. The fraction of sp³-hybridized carbons (Fsp3) is 0.500. The Morgan fingerprint density at radius 1 is 1.00 bits per heavy atom. The summed E-state index contributed by atoms with van der Waals surface area (Å²) in [7, 11) is 0. The van der Waals surface area contributed by atoms with Gasteiger partial charge in [-0.3, -0.25) is 0 Å². The minimum atomic E-state index is 0.729. The van der Waals surface area contributed by atoms with Gasteiger partial charge < -0.3 is 0 Å². The number of benzene rings is 1. The van der Waals surface area contributed by atoms with Crippen LogP contribution in [0.25, 0.3) is 0 Å². The predicted octanol–water partition coefficient (Wildman–Crippen LogP) is 4.06. The Bertz CT molecular complexity index is 227. The molecule has 14 heavy (non-hydrogen) atoms. The second-order valence-corrected chi connectivity index (χ2v) is 6.29. The van der Waals surface area contributed by atoms with Gasteiger partial charge in [-0.2, -0.15) is 0 Å². The van der Waals surface area contributed by atoms with Gasteiger partial charge in [-0.05, 0) is 23.5 Å². The van der Waals surface area contributed by atoms with Crippen LogP contribution in [0.1, 0.15) is 19.4 Å². The minimum absolute atomic E-state index is 0.729. The molecule has 0 spiro atoms. The maximum Gasteiger partial charge on any atom is 0.0542 e. The van der Waals surface area contributed by atoms with Crippen LogP contribution in [-0.2, 0) is 6.42 Å². The van der Waals surface area contributed by atoms with E-state index in [0.29, 0.717) is 0 Å². The predicted molar refractivity (Wildman–Crippen MR) is 70.2 cm³/mol. The van der Waals surface area contributed by atoms with Crippen LogP contribution in [0.3, 0.4) is 0 Å². The molecule has 0 aromatic heterocycles. The van der Waals surface area contributed by atoms with Gasteiger partial charge in [-0.25, -0.2) is 0 Å². The highest BCUT2D eigenvalue weighted by Crippen LogP contribution is 2.26. The quantitative estimate of drug-likeness (QED) is 0.671. The molecule has 0 N–H and O–H groups in total. The van der Waals surface area contributed by atoms with Gasteiger partial charge in [0.15, 0.2) is 0 Å². The summed E-state index contributed by atoms with van der Waals surface area (Å²) in [6.07, 6.45) is 1.19. The zero-order valence-electron chi connectivity index (χ0n) is 8.90.